The molecule has 8 heteroatoms. The van der Waals surface area contributed by atoms with E-state index in [1.807, 2.05) is 7.05 Å². The molecule has 6 nitrogen and oxygen atoms in total. The number of hydrogen-bond donors (Lipinski definition) is 0. The van der Waals surface area contributed by atoms with Crippen molar-refractivity contribution in [2.75, 3.05) is 7.11 Å². The minimum Gasteiger partial charge on any atom is -0.491 e. The van der Waals surface area contributed by atoms with Crippen LogP contribution < -0.4 is 4.74 Å². The number of aromatic nitrogens is 5. The lowest BCUT2D eigenvalue weighted by Gasteiger charge is -2.06. The smallest absolute Gasteiger partial charge is 0.197 e. The van der Waals surface area contributed by atoms with Gasteiger partial charge in [0.05, 0.1) is 7.11 Å². The molecule has 0 spiro atoms. The van der Waals surface area contributed by atoms with E-state index >= 15 is 0 Å². The molecule has 0 fully saturated rings. The number of methoxy groups -OCH3 is 1. The summed E-state index contributed by atoms with van der Waals surface area (Å²) in [5, 5.41) is 9.30. The van der Waals surface area contributed by atoms with E-state index < -0.39 is 0 Å². The molecule has 0 saturated heterocycles. The maximum Gasteiger partial charge on any atom is 0.197 e. The summed E-state index contributed by atoms with van der Waals surface area (Å²) in [7, 11) is 3.36. The molecule has 0 radical (unpaired) electrons. The third-order valence-corrected chi connectivity index (χ3v) is 3.10. The van der Waals surface area contributed by atoms with E-state index in [0.717, 1.165) is 0 Å². The number of nitrogens with zero attached hydrogens (tertiary/aromatic N) is 5. The molecular weight excluding hydrogens is 250 g/mol. The Morgan fingerprint density at radius 1 is 1.44 bits per heavy atom. The molecule has 2 aromatic heterocycles. The monoisotopic (exact) mass is 257 g/mol. The van der Waals surface area contributed by atoms with Gasteiger partial charge in [-0.2, -0.15) is 0 Å². The summed E-state index contributed by atoms with van der Waals surface area (Å²) in [5.74, 6) is 0.442. The van der Waals surface area contributed by atoms with Crippen molar-refractivity contribution in [1.82, 2.24) is 24.7 Å². The Balaban J connectivity index is 2.35. The average Bonchev–Trinajstić information content (AvgIpc) is 2.65. The molecule has 0 N–H and O–H groups in total. The standard InChI is InChI=1S/C8H8ClN5OS/c1-14-4-12-13-8(14)16-7-5(15-2)6(9)10-3-11-7/h3-4H,1-2H3. The van der Waals surface area contributed by atoms with E-state index in [0.29, 0.717) is 15.9 Å². The molecule has 2 aromatic rings. The topological polar surface area (TPSA) is 65.7 Å². The lowest BCUT2D eigenvalue weighted by atomic mass is 10.6. The number of aryl methyl sites for hydroxylation is 1. The Morgan fingerprint density at radius 3 is 2.88 bits per heavy atom. The highest BCUT2D eigenvalue weighted by atomic mass is 35.5. The lowest BCUT2D eigenvalue weighted by molar-refractivity contribution is 0.398. The first-order valence-electron chi connectivity index (χ1n) is 4.28. The summed E-state index contributed by atoms with van der Waals surface area (Å²) in [5.41, 5.74) is 0. The van der Waals surface area contributed by atoms with E-state index in [4.69, 9.17) is 16.3 Å². The predicted octanol–water partition coefficient (Wildman–Crippen LogP) is 1.42. The molecule has 0 atom stereocenters. The van der Waals surface area contributed by atoms with Crippen LogP contribution in [0.5, 0.6) is 5.75 Å². The van der Waals surface area contributed by atoms with Crippen molar-refractivity contribution in [3.8, 4) is 5.75 Å². The quantitative estimate of drug-likeness (QED) is 0.775. The second kappa shape index (κ2) is 4.67. The Bertz CT molecular complexity index is 503. The highest BCUT2D eigenvalue weighted by Crippen LogP contribution is 2.34. The SMILES string of the molecule is COc1c(Cl)ncnc1Sc1nncn1C. The van der Waals surface area contributed by atoms with Crippen LogP contribution in [0.2, 0.25) is 5.15 Å². The Hall–Kier alpha value is -1.34. The van der Waals surface area contributed by atoms with Crippen LogP contribution in [0.1, 0.15) is 0 Å². The fraction of sp³-hybridized carbons (Fsp3) is 0.250. The van der Waals surface area contributed by atoms with Gasteiger partial charge in [-0.15, -0.1) is 10.2 Å². The van der Waals surface area contributed by atoms with Crippen molar-refractivity contribution in [1.29, 1.82) is 0 Å². The summed E-state index contributed by atoms with van der Waals surface area (Å²) >= 11 is 7.19. The summed E-state index contributed by atoms with van der Waals surface area (Å²) in [4.78, 5) is 7.92. The normalized spacial score (nSPS) is 10.4. The van der Waals surface area contributed by atoms with Crippen LogP contribution in [0, 0.1) is 0 Å². The van der Waals surface area contributed by atoms with Gasteiger partial charge in [0, 0.05) is 7.05 Å². The van der Waals surface area contributed by atoms with Crippen LogP contribution in [0.25, 0.3) is 0 Å². The van der Waals surface area contributed by atoms with Crippen molar-refractivity contribution in [3.63, 3.8) is 0 Å². The van der Waals surface area contributed by atoms with Crippen LogP contribution in [-0.2, 0) is 7.05 Å². The van der Waals surface area contributed by atoms with Gasteiger partial charge in [-0.3, -0.25) is 0 Å². The van der Waals surface area contributed by atoms with Crippen LogP contribution in [0.15, 0.2) is 22.8 Å². The van der Waals surface area contributed by atoms with Gasteiger partial charge in [0.2, 0.25) is 0 Å². The van der Waals surface area contributed by atoms with Gasteiger partial charge in [-0.25, -0.2) is 9.97 Å². The molecule has 2 rings (SSSR count). The molecule has 0 amide bonds. The summed E-state index contributed by atoms with van der Waals surface area (Å²) in [6.07, 6.45) is 2.99. The molecule has 0 aliphatic carbocycles. The first kappa shape index (κ1) is 11.2. The predicted molar refractivity (Wildman–Crippen MR) is 58.7 cm³/mol. The summed E-state index contributed by atoms with van der Waals surface area (Å²) in [6, 6.07) is 0. The van der Waals surface area contributed by atoms with E-state index in [2.05, 4.69) is 20.2 Å². The van der Waals surface area contributed by atoms with Crippen LogP contribution in [0.3, 0.4) is 0 Å². The Labute approximate surface area is 101 Å². The summed E-state index contributed by atoms with van der Waals surface area (Å²) in [6.45, 7) is 0. The molecule has 0 aromatic carbocycles. The zero-order valence-corrected chi connectivity index (χ0v) is 10.2. The number of ether oxygens (including phenoxy) is 1. The molecule has 0 aliphatic rings. The van der Waals surface area contributed by atoms with Crippen LogP contribution in [-0.4, -0.2) is 31.8 Å². The van der Waals surface area contributed by atoms with Crippen molar-refractivity contribution in [2.24, 2.45) is 7.05 Å². The van der Waals surface area contributed by atoms with E-state index in [1.54, 1.807) is 10.9 Å². The van der Waals surface area contributed by atoms with E-state index in [9.17, 15) is 0 Å². The van der Waals surface area contributed by atoms with Crippen molar-refractivity contribution in [3.05, 3.63) is 17.8 Å². The molecule has 84 valence electrons. The molecule has 0 aliphatic heterocycles. The van der Waals surface area contributed by atoms with Gasteiger partial charge < -0.3 is 9.30 Å². The third kappa shape index (κ3) is 2.10. The van der Waals surface area contributed by atoms with Gasteiger partial charge >= 0.3 is 0 Å². The van der Waals surface area contributed by atoms with Crippen LogP contribution in [0.4, 0.5) is 0 Å². The maximum absolute atomic E-state index is 5.88. The first-order valence-corrected chi connectivity index (χ1v) is 5.48. The molecule has 0 bridgehead atoms. The lowest BCUT2D eigenvalue weighted by Crippen LogP contribution is -1.95. The second-order valence-electron chi connectivity index (χ2n) is 2.83. The number of hydrogen-bond acceptors (Lipinski definition) is 6. The number of halogens is 1. The zero-order chi connectivity index (χ0) is 11.5. The fourth-order valence-corrected chi connectivity index (χ4v) is 2.12. The van der Waals surface area contributed by atoms with Gasteiger partial charge in [-0.05, 0) is 11.8 Å². The van der Waals surface area contributed by atoms with Crippen molar-refractivity contribution < 1.29 is 4.74 Å². The highest BCUT2D eigenvalue weighted by Gasteiger charge is 2.14. The minimum atomic E-state index is 0.280. The van der Waals surface area contributed by atoms with E-state index in [1.165, 1.54) is 25.2 Å². The van der Waals surface area contributed by atoms with Gasteiger partial charge in [0.25, 0.3) is 0 Å². The van der Waals surface area contributed by atoms with Crippen molar-refractivity contribution >= 4 is 23.4 Å². The summed E-state index contributed by atoms with van der Waals surface area (Å²) < 4.78 is 6.91. The van der Waals surface area contributed by atoms with Crippen molar-refractivity contribution in [2.45, 2.75) is 10.2 Å². The van der Waals surface area contributed by atoms with Gasteiger partial charge in [-0.1, -0.05) is 11.6 Å². The molecule has 16 heavy (non-hydrogen) atoms. The second-order valence-corrected chi connectivity index (χ2v) is 4.14. The first-order chi connectivity index (χ1) is 7.72. The van der Waals surface area contributed by atoms with Crippen LogP contribution >= 0.6 is 23.4 Å². The van der Waals surface area contributed by atoms with E-state index in [-0.39, 0.29) is 5.15 Å². The molecular formula is C8H8ClN5OS. The van der Waals surface area contributed by atoms with Gasteiger partial charge in [0.1, 0.15) is 12.7 Å². The maximum atomic E-state index is 5.88. The number of rotatable bonds is 3. The Morgan fingerprint density at radius 2 is 2.25 bits per heavy atom. The Kier molecular flexibility index (Phi) is 3.25. The fourth-order valence-electron chi connectivity index (χ4n) is 1.03. The zero-order valence-electron chi connectivity index (χ0n) is 8.59. The largest absolute Gasteiger partial charge is 0.491 e. The molecule has 2 heterocycles. The van der Waals surface area contributed by atoms with Gasteiger partial charge in [0.15, 0.2) is 21.1 Å². The molecule has 0 unspecified atom stereocenters. The third-order valence-electron chi connectivity index (χ3n) is 1.79. The highest BCUT2D eigenvalue weighted by molar-refractivity contribution is 7.99. The molecule has 0 saturated carbocycles. The minimum absolute atomic E-state index is 0.280. The average molecular weight is 258 g/mol.